The zero-order valence-electron chi connectivity index (χ0n) is 12.3. The van der Waals surface area contributed by atoms with Crippen molar-refractivity contribution in [1.29, 1.82) is 0 Å². The molecule has 0 heterocycles. The summed E-state index contributed by atoms with van der Waals surface area (Å²) in [7, 11) is -3.80. The van der Waals surface area contributed by atoms with E-state index in [0.717, 1.165) is 4.31 Å². The molecule has 0 radical (unpaired) electrons. The van der Waals surface area contributed by atoms with Gasteiger partial charge in [-0.05, 0) is 31.5 Å². The predicted octanol–water partition coefficient (Wildman–Crippen LogP) is 1.38. The fraction of sp³-hybridized carbons (Fsp3) is 0.462. The third-order valence-electron chi connectivity index (χ3n) is 2.96. The summed E-state index contributed by atoms with van der Waals surface area (Å²) in [5.74, 6) is -0.345. The molecule has 1 amide bonds. The van der Waals surface area contributed by atoms with Gasteiger partial charge in [-0.3, -0.25) is 4.79 Å². The number of benzene rings is 1. The van der Waals surface area contributed by atoms with E-state index in [2.05, 4.69) is 5.32 Å². The number of likely N-dealkylation sites (N-methyl/N-ethyl adjacent to an activating group) is 2. The summed E-state index contributed by atoms with van der Waals surface area (Å²) in [5.41, 5.74) is 6.36. The number of hydrogen-bond donors (Lipinski definition) is 2. The van der Waals surface area contributed by atoms with E-state index < -0.39 is 10.0 Å². The molecule has 0 aliphatic heterocycles. The van der Waals surface area contributed by atoms with Crippen molar-refractivity contribution in [3.8, 4) is 0 Å². The lowest BCUT2D eigenvalue weighted by atomic mass is 10.2. The van der Waals surface area contributed by atoms with Gasteiger partial charge in [0.15, 0.2) is 0 Å². The first kappa shape index (κ1) is 17.7. The Kier molecular flexibility index (Phi) is 6.00. The van der Waals surface area contributed by atoms with Gasteiger partial charge in [0, 0.05) is 13.1 Å². The lowest BCUT2D eigenvalue weighted by Crippen LogP contribution is -2.40. The molecule has 1 aromatic carbocycles. The molecule has 0 spiro atoms. The summed E-state index contributed by atoms with van der Waals surface area (Å²) in [6.45, 7) is 5.48. The number of anilines is 1. The van der Waals surface area contributed by atoms with Gasteiger partial charge in [0.05, 0.1) is 22.2 Å². The molecule has 0 saturated carbocycles. The topological polar surface area (TPSA) is 92.5 Å². The highest BCUT2D eigenvalue weighted by Crippen LogP contribution is 2.28. The van der Waals surface area contributed by atoms with Crippen molar-refractivity contribution in [3.05, 3.63) is 22.7 Å². The third kappa shape index (κ3) is 4.09. The average molecular weight is 334 g/mol. The molecule has 1 rings (SSSR count). The van der Waals surface area contributed by atoms with Crippen molar-refractivity contribution >= 4 is 33.2 Å². The Morgan fingerprint density at radius 1 is 1.38 bits per heavy atom. The zero-order chi connectivity index (χ0) is 16.2. The molecule has 1 aromatic rings. The van der Waals surface area contributed by atoms with E-state index in [0.29, 0.717) is 17.1 Å². The highest BCUT2D eigenvalue weighted by atomic mass is 35.5. The number of nitrogen functional groups attached to an aromatic ring is 1. The van der Waals surface area contributed by atoms with Crippen molar-refractivity contribution in [1.82, 2.24) is 9.62 Å². The summed E-state index contributed by atoms with van der Waals surface area (Å²) in [5, 5.41) is 2.88. The van der Waals surface area contributed by atoms with Crippen LogP contribution < -0.4 is 11.1 Å². The van der Waals surface area contributed by atoms with Gasteiger partial charge in [-0.25, -0.2) is 8.42 Å². The quantitative estimate of drug-likeness (QED) is 0.769. The van der Waals surface area contributed by atoms with Crippen LogP contribution in [0.1, 0.15) is 19.4 Å². The number of hydrogen-bond acceptors (Lipinski definition) is 4. The fourth-order valence-electron chi connectivity index (χ4n) is 1.87. The monoisotopic (exact) mass is 333 g/mol. The normalized spacial score (nSPS) is 11.7. The molecule has 0 aliphatic carbocycles. The number of nitrogens with two attached hydrogens (primary N) is 1. The summed E-state index contributed by atoms with van der Waals surface area (Å²) in [4.78, 5) is 11.7. The van der Waals surface area contributed by atoms with Gasteiger partial charge in [0.2, 0.25) is 15.9 Å². The minimum Gasteiger partial charge on any atom is -0.397 e. The highest BCUT2D eigenvalue weighted by Gasteiger charge is 2.27. The molecule has 3 N–H and O–H groups in total. The minimum absolute atomic E-state index is 0.0653. The van der Waals surface area contributed by atoms with Crippen LogP contribution >= 0.6 is 11.6 Å². The Hall–Kier alpha value is -1.31. The Morgan fingerprint density at radius 3 is 2.52 bits per heavy atom. The molecule has 6 nitrogen and oxygen atoms in total. The van der Waals surface area contributed by atoms with Crippen LogP contribution in [-0.2, 0) is 14.8 Å². The van der Waals surface area contributed by atoms with Crippen LogP contribution in [0.5, 0.6) is 0 Å². The lowest BCUT2D eigenvalue weighted by molar-refractivity contribution is -0.121. The van der Waals surface area contributed by atoms with Gasteiger partial charge in [-0.2, -0.15) is 4.31 Å². The van der Waals surface area contributed by atoms with Gasteiger partial charge in [-0.1, -0.05) is 18.5 Å². The third-order valence-corrected chi connectivity index (χ3v) is 5.35. The van der Waals surface area contributed by atoms with Gasteiger partial charge in [0.1, 0.15) is 0 Å². The molecule has 0 aliphatic rings. The van der Waals surface area contributed by atoms with E-state index in [1.165, 1.54) is 12.1 Å². The van der Waals surface area contributed by atoms with Crippen LogP contribution in [0.2, 0.25) is 5.02 Å². The maximum Gasteiger partial charge on any atom is 0.243 e. The highest BCUT2D eigenvalue weighted by molar-refractivity contribution is 7.89. The molecule has 0 atom stereocenters. The smallest absolute Gasteiger partial charge is 0.243 e. The minimum atomic E-state index is -3.80. The molecule has 8 heteroatoms. The van der Waals surface area contributed by atoms with E-state index in [1.807, 2.05) is 0 Å². The van der Waals surface area contributed by atoms with Gasteiger partial charge >= 0.3 is 0 Å². The molecule has 0 saturated heterocycles. The Morgan fingerprint density at radius 2 is 2.00 bits per heavy atom. The van der Waals surface area contributed by atoms with Gasteiger partial charge in [-0.15, -0.1) is 0 Å². The first-order valence-corrected chi connectivity index (χ1v) is 8.38. The summed E-state index contributed by atoms with van der Waals surface area (Å²) in [6, 6.07) is 2.83. The SMILES string of the molecule is CCNC(=O)CN(CC)S(=O)(=O)c1cc(N)c(Cl)cc1C. The first-order chi connectivity index (χ1) is 9.73. The number of nitrogens with zero attached hydrogens (tertiary/aromatic N) is 1. The number of carbonyl (C=O) groups is 1. The van der Waals surface area contributed by atoms with E-state index in [-0.39, 0.29) is 29.6 Å². The molecule has 0 unspecified atom stereocenters. The molecule has 0 fully saturated rings. The number of rotatable bonds is 6. The number of nitrogens with one attached hydrogen (secondary N) is 1. The predicted molar refractivity (Wildman–Crippen MR) is 83.7 cm³/mol. The molecule has 0 aromatic heterocycles. The van der Waals surface area contributed by atoms with Crippen molar-refractivity contribution < 1.29 is 13.2 Å². The van der Waals surface area contributed by atoms with Crippen LogP contribution in [0.25, 0.3) is 0 Å². The second-order valence-corrected chi connectivity index (χ2v) is 6.84. The first-order valence-electron chi connectivity index (χ1n) is 6.56. The number of carbonyl (C=O) groups excluding carboxylic acids is 1. The van der Waals surface area contributed by atoms with E-state index >= 15 is 0 Å². The maximum absolute atomic E-state index is 12.6. The number of sulfonamides is 1. The number of amides is 1. The second-order valence-electron chi connectivity index (χ2n) is 4.52. The van der Waals surface area contributed by atoms with Crippen LogP contribution in [0.3, 0.4) is 0 Å². The van der Waals surface area contributed by atoms with Crippen molar-refractivity contribution in [2.24, 2.45) is 0 Å². The van der Waals surface area contributed by atoms with Gasteiger partial charge in [0.25, 0.3) is 0 Å². The summed E-state index contributed by atoms with van der Waals surface area (Å²) >= 11 is 5.88. The zero-order valence-corrected chi connectivity index (χ0v) is 13.9. The summed E-state index contributed by atoms with van der Waals surface area (Å²) in [6.07, 6.45) is 0. The Bertz CT molecular complexity index is 632. The molecular weight excluding hydrogens is 314 g/mol. The van der Waals surface area contributed by atoms with E-state index in [1.54, 1.807) is 20.8 Å². The lowest BCUT2D eigenvalue weighted by Gasteiger charge is -2.21. The average Bonchev–Trinajstić information content (AvgIpc) is 2.40. The van der Waals surface area contributed by atoms with Crippen molar-refractivity contribution in [2.75, 3.05) is 25.4 Å². The fourth-order valence-corrected chi connectivity index (χ4v) is 3.73. The van der Waals surface area contributed by atoms with Crippen LogP contribution in [0.4, 0.5) is 5.69 Å². The number of aryl methyl sites for hydroxylation is 1. The standard InChI is InChI=1S/C13H20ClN3O3S/c1-4-16-13(18)8-17(5-2)21(19,20)12-7-11(15)10(14)6-9(12)3/h6-7H,4-5,8,15H2,1-3H3,(H,16,18). The van der Waals surface area contributed by atoms with Crippen LogP contribution in [0, 0.1) is 6.92 Å². The summed E-state index contributed by atoms with van der Waals surface area (Å²) < 4.78 is 26.4. The molecule has 118 valence electrons. The van der Waals surface area contributed by atoms with Crippen LogP contribution in [0.15, 0.2) is 17.0 Å². The van der Waals surface area contributed by atoms with E-state index in [9.17, 15) is 13.2 Å². The van der Waals surface area contributed by atoms with E-state index in [4.69, 9.17) is 17.3 Å². The Balaban J connectivity index is 3.19. The maximum atomic E-state index is 12.6. The molecule has 21 heavy (non-hydrogen) atoms. The van der Waals surface area contributed by atoms with Crippen molar-refractivity contribution in [2.45, 2.75) is 25.7 Å². The van der Waals surface area contributed by atoms with Gasteiger partial charge < -0.3 is 11.1 Å². The van der Waals surface area contributed by atoms with Crippen LogP contribution in [-0.4, -0.2) is 38.3 Å². The molecular formula is C13H20ClN3O3S. The number of halogens is 1. The second kappa shape index (κ2) is 7.11. The van der Waals surface area contributed by atoms with Crippen molar-refractivity contribution in [3.63, 3.8) is 0 Å². The molecule has 0 bridgehead atoms. The largest absolute Gasteiger partial charge is 0.397 e. The Labute approximate surface area is 130 Å².